The van der Waals surface area contributed by atoms with Crippen LogP contribution in [0.4, 0.5) is 13.2 Å². The molecule has 1 saturated heterocycles. The molecule has 3 aromatic carbocycles. The molecule has 8 nitrogen and oxygen atoms in total. The second-order valence-electron chi connectivity index (χ2n) is 11.2. The van der Waals surface area contributed by atoms with Crippen molar-refractivity contribution in [1.82, 2.24) is 9.62 Å². The number of hydrogen-bond acceptors (Lipinski definition) is 6. The van der Waals surface area contributed by atoms with Crippen molar-refractivity contribution >= 4 is 25.8 Å². The third kappa shape index (κ3) is 6.79. The molecule has 226 valence electrons. The molecule has 1 heterocycles. The SMILES string of the molecule is CC(C)(C)c1ccc(C(=O)N2CCC(NS(=O)(=O)c3cc(S(=O)(=O)c4cccc(O)c4)ccc3C(F)(F)F)CC2)cc1. The molecule has 0 radical (unpaired) electrons. The van der Waals surface area contributed by atoms with Gasteiger partial charge in [0, 0.05) is 24.7 Å². The van der Waals surface area contributed by atoms with Gasteiger partial charge in [0.1, 0.15) is 5.75 Å². The molecule has 42 heavy (non-hydrogen) atoms. The number of carbonyl (C=O) groups is 1. The van der Waals surface area contributed by atoms with E-state index in [1.54, 1.807) is 17.0 Å². The molecule has 1 fully saturated rings. The highest BCUT2D eigenvalue weighted by Gasteiger charge is 2.39. The quantitative estimate of drug-likeness (QED) is 0.393. The van der Waals surface area contributed by atoms with E-state index in [1.807, 2.05) is 12.1 Å². The Morgan fingerprint density at radius 1 is 0.881 bits per heavy atom. The zero-order valence-corrected chi connectivity index (χ0v) is 24.8. The highest BCUT2D eigenvalue weighted by Crippen LogP contribution is 2.37. The number of phenols is 1. The van der Waals surface area contributed by atoms with Gasteiger partial charge in [0.05, 0.1) is 20.2 Å². The van der Waals surface area contributed by atoms with Gasteiger partial charge >= 0.3 is 6.18 Å². The average Bonchev–Trinajstić information content (AvgIpc) is 2.91. The molecule has 3 aromatic rings. The van der Waals surface area contributed by atoms with Crippen molar-refractivity contribution in [1.29, 1.82) is 0 Å². The second-order valence-corrected chi connectivity index (χ2v) is 14.8. The summed E-state index contributed by atoms with van der Waals surface area (Å²) in [7, 11) is -9.30. The number of sulfone groups is 1. The largest absolute Gasteiger partial charge is 0.508 e. The number of likely N-dealkylation sites (tertiary alicyclic amines) is 1. The zero-order valence-electron chi connectivity index (χ0n) is 23.1. The molecule has 0 aliphatic carbocycles. The molecule has 2 N–H and O–H groups in total. The van der Waals surface area contributed by atoms with Crippen LogP contribution in [-0.2, 0) is 31.5 Å². The number of phenolic OH excluding ortho intramolecular Hbond substituents is 1. The lowest BCUT2D eigenvalue weighted by molar-refractivity contribution is -0.140. The maximum absolute atomic E-state index is 13.8. The number of sulfonamides is 1. The van der Waals surface area contributed by atoms with Gasteiger partial charge in [-0.25, -0.2) is 21.6 Å². The molecule has 4 rings (SSSR count). The van der Waals surface area contributed by atoms with Crippen molar-refractivity contribution in [3.05, 3.63) is 83.4 Å². The maximum atomic E-state index is 13.8. The number of hydrogen-bond donors (Lipinski definition) is 2. The van der Waals surface area contributed by atoms with Crippen LogP contribution in [0.2, 0.25) is 0 Å². The summed E-state index contributed by atoms with van der Waals surface area (Å²) >= 11 is 0. The van der Waals surface area contributed by atoms with Crippen LogP contribution in [0.1, 0.15) is 55.1 Å². The van der Waals surface area contributed by atoms with Crippen molar-refractivity contribution in [3.63, 3.8) is 0 Å². The van der Waals surface area contributed by atoms with Crippen LogP contribution in [0.25, 0.3) is 0 Å². The van der Waals surface area contributed by atoms with Gasteiger partial charge in [0.25, 0.3) is 5.91 Å². The van der Waals surface area contributed by atoms with Crippen molar-refractivity contribution in [2.75, 3.05) is 13.1 Å². The Balaban J connectivity index is 1.54. The molecule has 1 aliphatic heterocycles. The smallest absolute Gasteiger partial charge is 0.417 e. The number of piperidine rings is 1. The lowest BCUT2D eigenvalue weighted by atomic mass is 9.86. The Hall–Kier alpha value is -3.42. The van der Waals surface area contributed by atoms with Gasteiger partial charge in [0.2, 0.25) is 19.9 Å². The van der Waals surface area contributed by atoms with E-state index in [0.29, 0.717) is 23.8 Å². The summed E-state index contributed by atoms with van der Waals surface area (Å²) < 4.78 is 96.4. The predicted octanol–water partition coefficient (Wildman–Crippen LogP) is 5.12. The molecule has 0 spiro atoms. The van der Waals surface area contributed by atoms with E-state index < -0.39 is 52.3 Å². The number of rotatable bonds is 6. The first-order valence-electron chi connectivity index (χ1n) is 13.1. The second kappa shape index (κ2) is 11.3. The minimum Gasteiger partial charge on any atom is -0.508 e. The molecule has 1 aliphatic rings. The van der Waals surface area contributed by atoms with Gasteiger partial charge in [-0.2, -0.15) is 13.2 Å². The maximum Gasteiger partial charge on any atom is 0.417 e. The van der Waals surface area contributed by atoms with Crippen LogP contribution in [0.15, 0.2) is 81.4 Å². The Bertz CT molecular complexity index is 1690. The Morgan fingerprint density at radius 3 is 2.02 bits per heavy atom. The van der Waals surface area contributed by atoms with E-state index in [-0.39, 0.29) is 43.0 Å². The average molecular weight is 625 g/mol. The lowest BCUT2D eigenvalue weighted by Gasteiger charge is -2.32. The van der Waals surface area contributed by atoms with Crippen LogP contribution in [0, 0.1) is 0 Å². The van der Waals surface area contributed by atoms with Gasteiger partial charge in [-0.05, 0) is 72.4 Å². The molecule has 0 unspecified atom stereocenters. The fourth-order valence-corrected chi connectivity index (χ4v) is 7.65. The third-order valence-electron chi connectivity index (χ3n) is 7.09. The van der Waals surface area contributed by atoms with Crippen LogP contribution >= 0.6 is 0 Å². The number of amides is 1. The van der Waals surface area contributed by atoms with E-state index in [2.05, 4.69) is 25.5 Å². The Labute approximate surface area is 243 Å². The summed E-state index contributed by atoms with van der Waals surface area (Å²) in [6.45, 7) is 6.50. The van der Waals surface area contributed by atoms with E-state index in [1.165, 1.54) is 12.1 Å². The van der Waals surface area contributed by atoms with Crippen LogP contribution < -0.4 is 4.72 Å². The number of alkyl halides is 3. The number of halogens is 3. The van der Waals surface area contributed by atoms with Gasteiger partial charge in [0.15, 0.2) is 0 Å². The number of carbonyl (C=O) groups excluding carboxylic acids is 1. The van der Waals surface area contributed by atoms with E-state index in [4.69, 9.17) is 0 Å². The van der Waals surface area contributed by atoms with Gasteiger partial charge in [-0.15, -0.1) is 0 Å². The predicted molar refractivity (Wildman–Crippen MR) is 149 cm³/mol. The summed E-state index contributed by atoms with van der Waals surface area (Å²) in [6, 6.07) is 12.5. The summed E-state index contributed by atoms with van der Waals surface area (Å²) in [4.78, 5) is 12.2. The van der Waals surface area contributed by atoms with Crippen LogP contribution in [0.3, 0.4) is 0 Å². The third-order valence-corrected chi connectivity index (χ3v) is 10.4. The first kappa shape index (κ1) is 31.5. The molecular weight excluding hydrogens is 593 g/mol. The molecule has 13 heteroatoms. The summed E-state index contributed by atoms with van der Waals surface area (Å²) in [5, 5.41) is 9.65. The van der Waals surface area contributed by atoms with Crippen molar-refractivity contribution in [3.8, 4) is 5.75 Å². The van der Waals surface area contributed by atoms with Gasteiger partial charge < -0.3 is 10.0 Å². The van der Waals surface area contributed by atoms with E-state index >= 15 is 0 Å². The number of aromatic hydroxyl groups is 1. The van der Waals surface area contributed by atoms with E-state index in [9.17, 15) is 39.9 Å². The van der Waals surface area contributed by atoms with Gasteiger partial charge in [-0.1, -0.05) is 39.0 Å². The standard InChI is InChI=1S/C29H31F3N2O6S2/c1-28(2,3)20-9-7-19(8-10-20)27(36)34-15-13-21(14-16-34)33-42(39,40)26-18-24(11-12-25(26)29(30,31)32)41(37,38)23-6-4-5-22(35)17-23/h4-12,17-18,21,33,35H,13-16H2,1-3H3. The molecular formula is C29H31F3N2O6S2. The van der Waals surface area contributed by atoms with Crippen LogP contribution in [0.5, 0.6) is 5.75 Å². The number of nitrogens with zero attached hydrogens (tertiary/aromatic N) is 1. The molecule has 0 saturated carbocycles. The number of benzene rings is 3. The fraction of sp³-hybridized carbons (Fsp3) is 0.345. The fourth-order valence-electron chi connectivity index (χ4n) is 4.69. The normalized spacial score (nSPS) is 15.5. The zero-order chi connectivity index (χ0) is 31.1. The monoisotopic (exact) mass is 624 g/mol. The van der Waals surface area contributed by atoms with Crippen molar-refractivity contribution < 1.29 is 39.9 Å². The number of nitrogens with one attached hydrogen (secondary N) is 1. The summed E-state index contributed by atoms with van der Waals surface area (Å²) in [6.07, 6.45) is -4.79. The minimum absolute atomic E-state index is 0.0860. The highest BCUT2D eigenvalue weighted by atomic mass is 32.2. The lowest BCUT2D eigenvalue weighted by Crippen LogP contribution is -2.46. The van der Waals surface area contributed by atoms with Gasteiger partial charge in [-0.3, -0.25) is 4.79 Å². The highest BCUT2D eigenvalue weighted by molar-refractivity contribution is 7.91. The molecule has 0 aromatic heterocycles. The first-order chi connectivity index (χ1) is 19.4. The molecule has 0 atom stereocenters. The first-order valence-corrected chi connectivity index (χ1v) is 16.0. The molecule has 1 amide bonds. The summed E-state index contributed by atoms with van der Waals surface area (Å²) in [5.74, 6) is -0.620. The topological polar surface area (TPSA) is 121 Å². The Kier molecular flexibility index (Phi) is 8.51. The van der Waals surface area contributed by atoms with Crippen molar-refractivity contribution in [2.24, 2.45) is 0 Å². The molecule has 0 bridgehead atoms. The van der Waals surface area contributed by atoms with Crippen LogP contribution in [-0.4, -0.2) is 51.9 Å². The van der Waals surface area contributed by atoms with Crippen molar-refractivity contribution in [2.45, 2.75) is 65.9 Å². The summed E-state index contributed by atoms with van der Waals surface area (Å²) in [5.41, 5.74) is -0.0703. The Morgan fingerprint density at radius 2 is 1.48 bits per heavy atom. The van der Waals surface area contributed by atoms with E-state index in [0.717, 1.165) is 17.7 Å². The minimum atomic E-state index is -5.09.